The summed E-state index contributed by atoms with van der Waals surface area (Å²) in [4.78, 5) is 13.9. The van der Waals surface area contributed by atoms with E-state index in [0.717, 1.165) is 24.8 Å². The summed E-state index contributed by atoms with van der Waals surface area (Å²) in [5.41, 5.74) is 1.49. The summed E-state index contributed by atoms with van der Waals surface area (Å²) in [5.74, 6) is 0.174. The lowest BCUT2D eigenvalue weighted by atomic mass is 10.1. The fourth-order valence-corrected chi connectivity index (χ4v) is 2.92. The standard InChI is InChI=1S/C17H23N3O2/c1-12(14-6-3-5-13(9-14)10-18)19-17(22)20(2)11-15-7-4-8-16(15)21/h3,5-6,9,12,15-16,21H,4,7-8,11H2,1-2H3,(H,19,22). The van der Waals surface area contributed by atoms with Crippen LogP contribution in [0.3, 0.4) is 0 Å². The van der Waals surface area contributed by atoms with Gasteiger partial charge in [-0.05, 0) is 37.5 Å². The summed E-state index contributed by atoms with van der Waals surface area (Å²) in [7, 11) is 1.75. The third-order valence-electron chi connectivity index (χ3n) is 4.33. The van der Waals surface area contributed by atoms with Gasteiger partial charge in [0.2, 0.25) is 0 Å². The quantitative estimate of drug-likeness (QED) is 0.896. The second kappa shape index (κ2) is 7.28. The SMILES string of the molecule is CC(NC(=O)N(C)CC1CCCC1O)c1cccc(C#N)c1. The number of carbonyl (C=O) groups excluding carboxylic acids is 1. The lowest BCUT2D eigenvalue weighted by molar-refractivity contribution is 0.113. The number of urea groups is 1. The van der Waals surface area contributed by atoms with Crippen LogP contribution < -0.4 is 5.32 Å². The zero-order valence-electron chi connectivity index (χ0n) is 13.1. The highest BCUT2D eigenvalue weighted by Gasteiger charge is 2.27. The molecule has 1 saturated carbocycles. The molecule has 0 saturated heterocycles. The molecule has 1 aromatic rings. The van der Waals surface area contributed by atoms with E-state index in [1.807, 2.05) is 19.1 Å². The van der Waals surface area contributed by atoms with Gasteiger partial charge in [0.25, 0.3) is 0 Å². The van der Waals surface area contributed by atoms with Gasteiger partial charge in [-0.1, -0.05) is 18.6 Å². The Labute approximate surface area is 131 Å². The molecule has 5 nitrogen and oxygen atoms in total. The molecular weight excluding hydrogens is 278 g/mol. The minimum atomic E-state index is -0.292. The van der Waals surface area contributed by atoms with Crippen molar-refractivity contribution in [3.63, 3.8) is 0 Å². The van der Waals surface area contributed by atoms with Crippen LogP contribution in [0.4, 0.5) is 4.79 Å². The Balaban J connectivity index is 1.91. The van der Waals surface area contributed by atoms with E-state index in [2.05, 4.69) is 11.4 Å². The third kappa shape index (κ3) is 3.99. The number of carbonyl (C=O) groups is 1. The second-order valence-electron chi connectivity index (χ2n) is 6.05. The number of aliphatic hydroxyl groups is 1. The minimum absolute atomic E-state index is 0.158. The van der Waals surface area contributed by atoms with Crippen molar-refractivity contribution in [1.82, 2.24) is 10.2 Å². The lowest BCUT2D eigenvalue weighted by Crippen LogP contribution is -2.42. The van der Waals surface area contributed by atoms with Crippen molar-refractivity contribution >= 4 is 6.03 Å². The van der Waals surface area contributed by atoms with E-state index in [-0.39, 0.29) is 24.1 Å². The molecule has 118 valence electrons. The summed E-state index contributed by atoms with van der Waals surface area (Å²) in [6.45, 7) is 2.46. The summed E-state index contributed by atoms with van der Waals surface area (Å²) < 4.78 is 0. The zero-order chi connectivity index (χ0) is 16.1. The van der Waals surface area contributed by atoms with Gasteiger partial charge in [-0.15, -0.1) is 0 Å². The number of nitriles is 1. The minimum Gasteiger partial charge on any atom is -0.393 e. The molecule has 0 aliphatic heterocycles. The molecule has 1 aliphatic rings. The first-order valence-electron chi connectivity index (χ1n) is 7.71. The molecule has 0 aromatic heterocycles. The smallest absolute Gasteiger partial charge is 0.317 e. The van der Waals surface area contributed by atoms with E-state index in [1.54, 1.807) is 24.1 Å². The number of aliphatic hydroxyl groups excluding tert-OH is 1. The van der Waals surface area contributed by atoms with Gasteiger partial charge >= 0.3 is 6.03 Å². The maximum absolute atomic E-state index is 12.2. The second-order valence-corrected chi connectivity index (χ2v) is 6.05. The van der Waals surface area contributed by atoms with Gasteiger partial charge in [-0.2, -0.15) is 5.26 Å². The molecule has 3 unspecified atom stereocenters. The van der Waals surface area contributed by atoms with Crippen molar-refractivity contribution in [2.75, 3.05) is 13.6 Å². The molecule has 0 radical (unpaired) electrons. The van der Waals surface area contributed by atoms with Gasteiger partial charge in [0.15, 0.2) is 0 Å². The molecule has 3 atom stereocenters. The fraction of sp³-hybridized carbons (Fsp3) is 0.529. The summed E-state index contributed by atoms with van der Waals surface area (Å²) in [6.07, 6.45) is 2.54. The summed E-state index contributed by atoms with van der Waals surface area (Å²) in [6, 6.07) is 9.01. The van der Waals surface area contributed by atoms with Gasteiger partial charge in [-0.3, -0.25) is 0 Å². The molecular formula is C17H23N3O2. The van der Waals surface area contributed by atoms with Crippen LogP contribution in [0, 0.1) is 17.2 Å². The van der Waals surface area contributed by atoms with Crippen molar-refractivity contribution < 1.29 is 9.90 Å². The maximum Gasteiger partial charge on any atom is 0.317 e. The number of hydrogen-bond donors (Lipinski definition) is 2. The number of nitrogens with zero attached hydrogens (tertiary/aromatic N) is 2. The number of benzene rings is 1. The number of rotatable bonds is 4. The Hall–Kier alpha value is -2.06. The Kier molecular flexibility index (Phi) is 5.40. The van der Waals surface area contributed by atoms with Crippen molar-refractivity contribution in [2.24, 2.45) is 5.92 Å². The summed E-state index contributed by atoms with van der Waals surface area (Å²) in [5, 5.41) is 21.7. The Morgan fingerprint density at radius 2 is 2.32 bits per heavy atom. The molecule has 1 fully saturated rings. The lowest BCUT2D eigenvalue weighted by Gasteiger charge is -2.25. The van der Waals surface area contributed by atoms with Crippen molar-refractivity contribution in [3.8, 4) is 6.07 Å². The van der Waals surface area contributed by atoms with Crippen LogP contribution in [0.1, 0.15) is 43.4 Å². The average molecular weight is 301 g/mol. The van der Waals surface area contributed by atoms with Gasteiger partial charge in [-0.25, -0.2) is 4.79 Å². The van der Waals surface area contributed by atoms with Crippen LogP contribution in [0.2, 0.25) is 0 Å². The molecule has 0 spiro atoms. The molecule has 2 amide bonds. The predicted molar refractivity (Wildman–Crippen MR) is 84.1 cm³/mol. The molecule has 0 heterocycles. The fourth-order valence-electron chi connectivity index (χ4n) is 2.92. The number of hydrogen-bond acceptors (Lipinski definition) is 3. The van der Waals surface area contributed by atoms with Crippen LogP contribution in [-0.4, -0.2) is 35.7 Å². The molecule has 2 rings (SSSR count). The number of amides is 2. The van der Waals surface area contributed by atoms with E-state index >= 15 is 0 Å². The van der Waals surface area contributed by atoms with Crippen LogP contribution in [0.15, 0.2) is 24.3 Å². The van der Waals surface area contributed by atoms with Crippen LogP contribution in [0.25, 0.3) is 0 Å². The van der Waals surface area contributed by atoms with E-state index in [0.29, 0.717) is 12.1 Å². The van der Waals surface area contributed by atoms with Gasteiger partial charge in [0, 0.05) is 19.5 Å². The van der Waals surface area contributed by atoms with E-state index in [9.17, 15) is 9.90 Å². The Morgan fingerprint density at radius 1 is 1.55 bits per heavy atom. The van der Waals surface area contributed by atoms with Gasteiger partial charge < -0.3 is 15.3 Å². The maximum atomic E-state index is 12.2. The van der Waals surface area contributed by atoms with Crippen LogP contribution in [0.5, 0.6) is 0 Å². The highest BCUT2D eigenvalue weighted by molar-refractivity contribution is 5.74. The van der Waals surface area contributed by atoms with Crippen molar-refractivity contribution in [1.29, 1.82) is 5.26 Å². The number of nitrogens with one attached hydrogen (secondary N) is 1. The van der Waals surface area contributed by atoms with Crippen LogP contribution in [-0.2, 0) is 0 Å². The first-order valence-corrected chi connectivity index (χ1v) is 7.71. The normalized spacial score (nSPS) is 21.9. The average Bonchev–Trinajstić information content (AvgIpc) is 2.92. The van der Waals surface area contributed by atoms with Gasteiger partial charge in [0.05, 0.1) is 23.8 Å². The first-order chi connectivity index (χ1) is 10.5. The molecule has 2 N–H and O–H groups in total. The molecule has 5 heteroatoms. The molecule has 0 bridgehead atoms. The summed E-state index contributed by atoms with van der Waals surface area (Å²) >= 11 is 0. The zero-order valence-corrected chi connectivity index (χ0v) is 13.1. The molecule has 1 aliphatic carbocycles. The van der Waals surface area contributed by atoms with Crippen molar-refractivity contribution in [2.45, 2.75) is 38.3 Å². The highest BCUT2D eigenvalue weighted by Crippen LogP contribution is 2.26. The largest absolute Gasteiger partial charge is 0.393 e. The molecule has 1 aromatic carbocycles. The topological polar surface area (TPSA) is 76.4 Å². The highest BCUT2D eigenvalue weighted by atomic mass is 16.3. The van der Waals surface area contributed by atoms with Crippen molar-refractivity contribution in [3.05, 3.63) is 35.4 Å². The van der Waals surface area contributed by atoms with Crippen LogP contribution >= 0.6 is 0 Å². The van der Waals surface area contributed by atoms with E-state index < -0.39 is 0 Å². The third-order valence-corrected chi connectivity index (χ3v) is 4.33. The van der Waals surface area contributed by atoms with Gasteiger partial charge in [0.1, 0.15) is 0 Å². The van der Waals surface area contributed by atoms with E-state index in [1.165, 1.54) is 0 Å². The Morgan fingerprint density at radius 3 is 2.95 bits per heavy atom. The molecule has 22 heavy (non-hydrogen) atoms. The predicted octanol–water partition coefficient (Wildman–Crippen LogP) is 2.42. The first kappa shape index (κ1) is 16.3. The van der Waals surface area contributed by atoms with E-state index in [4.69, 9.17) is 5.26 Å². The monoisotopic (exact) mass is 301 g/mol. The Bertz CT molecular complexity index is 567.